The number of nitrogens with zero attached hydrogens (tertiary/aromatic N) is 3. The van der Waals surface area contributed by atoms with Gasteiger partial charge in [-0.05, 0) is 45.3 Å². The molecule has 2 atom stereocenters. The zero-order valence-corrected chi connectivity index (χ0v) is 13.3. The summed E-state index contributed by atoms with van der Waals surface area (Å²) in [6.07, 6.45) is 2.63. The van der Waals surface area contributed by atoms with Gasteiger partial charge in [0.05, 0.1) is 11.2 Å². The first-order valence-electron chi connectivity index (χ1n) is 7.99. The lowest BCUT2D eigenvalue weighted by molar-refractivity contribution is 0.145. The van der Waals surface area contributed by atoms with Gasteiger partial charge in [-0.1, -0.05) is 18.2 Å². The summed E-state index contributed by atoms with van der Waals surface area (Å²) in [5.74, 6) is 0.749. The minimum absolute atomic E-state index is 0.591. The fourth-order valence-corrected chi connectivity index (χ4v) is 3.50. The Bertz CT molecular complexity index is 604. The number of aryl methyl sites for hydroxylation is 1. The molecule has 0 radical (unpaired) electrons. The van der Waals surface area contributed by atoms with Crippen LogP contribution in [0, 0.1) is 5.92 Å². The van der Waals surface area contributed by atoms with Gasteiger partial charge >= 0.3 is 0 Å². The third kappa shape index (κ3) is 2.97. The summed E-state index contributed by atoms with van der Waals surface area (Å²) in [7, 11) is 4.10. The Labute approximate surface area is 127 Å². The van der Waals surface area contributed by atoms with Gasteiger partial charge in [-0.15, -0.1) is 0 Å². The van der Waals surface area contributed by atoms with E-state index in [0.29, 0.717) is 6.04 Å². The second-order valence-electron chi connectivity index (χ2n) is 6.30. The summed E-state index contributed by atoms with van der Waals surface area (Å²) in [6.45, 7) is 5.63. The van der Waals surface area contributed by atoms with Crippen molar-refractivity contribution < 1.29 is 0 Å². The molecule has 0 amide bonds. The zero-order chi connectivity index (χ0) is 14.8. The number of hydrogen-bond acceptors (Lipinski definition) is 3. The Balaban J connectivity index is 1.76. The van der Waals surface area contributed by atoms with Crippen molar-refractivity contribution in [3.8, 4) is 0 Å². The largest absolute Gasteiger partial charge is 0.317 e. The van der Waals surface area contributed by atoms with Gasteiger partial charge in [0.15, 0.2) is 0 Å². The van der Waals surface area contributed by atoms with Gasteiger partial charge < -0.3 is 5.32 Å². The third-order valence-electron chi connectivity index (χ3n) is 4.91. The van der Waals surface area contributed by atoms with E-state index in [-0.39, 0.29) is 0 Å². The number of benzene rings is 1. The van der Waals surface area contributed by atoms with E-state index < -0.39 is 0 Å². The zero-order valence-electron chi connectivity index (χ0n) is 13.3. The number of fused-ring (bicyclic) bond motifs is 1. The molecule has 2 unspecified atom stereocenters. The minimum atomic E-state index is 0.591. The second kappa shape index (κ2) is 6.16. The first-order chi connectivity index (χ1) is 10.2. The van der Waals surface area contributed by atoms with E-state index in [4.69, 9.17) is 5.10 Å². The molecule has 0 saturated carbocycles. The van der Waals surface area contributed by atoms with Crippen LogP contribution >= 0.6 is 0 Å². The lowest BCUT2D eigenvalue weighted by atomic mass is 9.91. The van der Waals surface area contributed by atoms with Crippen molar-refractivity contribution in [2.45, 2.75) is 32.4 Å². The van der Waals surface area contributed by atoms with Gasteiger partial charge in [-0.3, -0.25) is 9.58 Å². The number of para-hydroxylation sites is 1. The van der Waals surface area contributed by atoms with Crippen LogP contribution in [0.3, 0.4) is 0 Å². The average molecular weight is 286 g/mol. The molecule has 1 aromatic heterocycles. The molecule has 114 valence electrons. The lowest BCUT2D eigenvalue weighted by Gasteiger charge is -2.35. The number of likely N-dealkylation sites (tertiary alicyclic amines) is 1. The van der Waals surface area contributed by atoms with Crippen LogP contribution in [0.1, 0.15) is 25.5 Å². The van der Waals surface area contributed by atoms with Gasteiger partial charge in [-0.25, -0.2) is 0 Å². The van der Waals surface area contributed by atoms with Gasteiger partial charge in [-0.2, -0.15) is 5.10 Å². The van der Waals surface area contributed by atoms with Gasteiger partial charge in [0.2, 0.25) is 0 Å². The highest BCUT2D eigenvalue weighted by Crippen LogP contribution is 2.24. The molecule has 1 fully saturated rings. The number of rotatable bonds is 4. The summed E-state index contributed by atoms with van der Waals surface area (Å²) in [5.41, 5.74) is 2.44. The van der Waals surface area contributed by atoms with Crippen molar-refractivity contribution in [1.29, 1.82) is 0 Å². The fraction of sp³-hybridized carbons (Fsp3) is 0.588. The molecular formula is C17H26N4. The maximum atomic E-state index is 4.73. The van der Waals surface area contributed by atoms with Crippen LogP contribution in [0.25, 0.3) is 10.9 Å². The fourth-order valence-electron chi connectivity index (χ4n) is 3.50. The van der Waals surface area contributed by atoms with Gasteiger partial charge in [0.1, 0.15) is 0 Å². The number of hydrogen-bond donors (Lipinski definition) is 1. The van der Waals surface area contributed by atoms with Crippen molar-refractivity contribution in [3.05, 3.63) is 30.0 Å². The van der Waals surface area contributed by atoms with Crippen LogP contribution < -0.4 is 5.32 Å². The molecule has 1 aromatic carbocycles. The van der Waals surface area contributed by atoms with Crippen molar-refractivity contribution in [2.24, 2.45) is 13.0 Å². The Morgan fingerprint density at radius 3 is 3.00 bits per heavy atom. The molecule has 0 aliphatic carbocycles. The van der Waals surface area contributed by atoms with E-state index in [9.17, 15) is 0 Å². The van der Waals surface area contributed by atoms with Crippen molar-refractivity contribution in [2.75, 3.05) is 20.1 Å². The summed E-state index contributed by atoms with van der Waals surface area (Å²) >= 11 is 0. The van der Waals surface area contributed by atoms with Crippen molar-refractivity contribution in [1.82, 2.24) is 20.0 Å². The molecule has 1 aliphatic rings. The summed E-state index contributed by atoms with van der Waals surface area (Å²) in [4.78, 5) is 2.57. The summed E-state index contributed by atoms with van der Waals surface area (Å²) < 4.78 is 2.00. The van der Waals surface area contributed by atoms with E-state index in [1.165, 1.54) is 42.5 Å². The first kappa shape index (κ1) is 14.5. The standard InChI is InChI=1S/C17H26N4/c1-13(18-2)14-7-6-10-21(11-14)12-16-15-8-4-5-9-17(15)20(3)19-16/h4-5,8-9,13-14,18H,6-7,10-12H2,1-3H3. The van der Waals surface area contributed by atoms with Gasteiger partial charge in [0.25, 0.3) is 0 Å². The number of aromatic nitrogens is 2. The molecule has 1 saturated heterocycles. The molecule has 4 nitrogen and oxygen atoms in total. The SMILES string of the molecule is CNC(C)C1CCCN(Cc2nn(C)c3ccccc23)C1. The number of piperidine rings is 1. The third-order valence-corrected chi connectivity index (χ3v) is 4.91. The first-order valence-corrected chi connectivity index (χ1v) is 7.99. The van der Waals surface area contributed by atoms with Crippen LogP contribution in [-0.2, 0) is 13.6 Å². The van der Waals surface area contributed by atoms with E-state index in [1.54, 1.807) is 0 Å². The van der Waals surface area contributed by atoms with E-state index in [2.05, 4.69) is 48.5 Å². The van der Waals surface area contributed by atoms with E-state index in [1.807, 2.05) is 11.7 Å². The van der Waals surface area contributed by atoms with Crippen molar-refractivity contribution >= 4 is 10.9 Å². The van der Waals surface area contributed by atoms with Crippen LogP contribution in [-0.4, -0.2) is 40.9 Å². The average Bonchev–Trinajstić information content (AvgIpc) is 2.83. The summed E-state index contributed by atoms with van der Waals surface area (Å²) in [5, 5.41) is 9.43. The normalized spacial score (nSPS) is 21.8. The van der Waals surface area contributed by atoms with Crippen LogP contribution in [0.2, 0.25) is 0 Å². The molecule has 0 spiro atoms. The van der Waals surface area contributed by atoms with Crippen LogP contribution in [0.15, 0.2) is 24.3 Å². The monoisotopic (exact) mass is 286 g/mol. The Hall–Kier alpha value is -1.39. The molecule has 3 rings (SSSR count). The molecule has 2 heterocycles. The second-order valence-corrected chi connectivity index (χ2v) is 6.30. The molecule has 21 heavy (non-hydrogen) atoms. The molecule has 1 N–H and O–H groups in total. The topological polar surface area (TPSA) is 33.1 Å². The molecule has 1 aliphatic heterocycles. The Morgan fingerprint density at radius 2 is 2.19 bits per heavy atom. The Kier molecular flexibility index (Phi) is 4.27. The van der Waals surface area contributed by atoms with Crippen LogP contribution in [0.4, 0.5) is 0 Å². The minimum Gasteiger partial charge on any atom is -0.317 e. The predicted octanol–water partition coefficient (Wildman–Crippen LogP) is 2.39. The molecule has 0 bridgehead atoms. The highest BCUT2D eigenvalue weighted by Gasteiger charge is 2.24. The molecular weight excluding hydrogens is 260 g/mol. The molecule has 2 aromatic rings. The van der Waals surface area contributed by atoms with E-state index >= 15 is 0 Å². The predicted molar refractivity (Wildman–Crippen MR) is 87.2 cm³/mol. The highest BCUT2D eigenvalue weighted by atomic mass is 15.3. The van der Waals surface area contributed by atoms with Crippen LogP contribution in [0.5, 0.6) is 0 Å². The quantitative estimate of drug-likeness (QED) is 0.937. The van der Waals surface area contributed by atoms with E-state index in [0.717, 1.165) is 12.5 Å². The smallest absolute Gasteiger partial charge is 0.0843 e. The van der Waals surface area contributed by atoms with Crippen molar-refractivity contribution in [3.63, 3.8) is 0 Å². The maximum absolute atomic E-state index is 4.73. The maximum Gasteiger partial charge on any atom is 0.0843 e. The Morgan fingerprint density at radius 1 is 1.38 bits per heavy atom. The summed E-state index contributed by atoms with van der Waals surface area (Å²) in [6, 6.07) is 9.12. The number of nitrogens with one attached hydrogen (secondary N) is 1. The lowest BCUT2D eigenvalue weighted by Crippen LogP contribution is -2.43. The highest BCUT2D eigenvalue weighted by molar-refractivity contribution is 5.81. The van der Waals surface area contributed by atoms with Gasteiger partial charge in [0, 0.05) is 31.6 Å². The molecule has 4 heteroatoms.